The molecule has 1 fully saturated rings. The van der Waals surface area contributed by atoms with E-state index in [9.17, 15) is 0 Å². The fourth-order valence-electron chi connectivity index (χ4n) is 2.73. The summed E-state index contributed by atoms with van der Waals surface area (Å²) in [7, 11) is 0. The summed E-state index contributed by atoms with van der Waals surface area (Å²) in [5.74, 6) is 1.16. The average Bonchev–Trinajstić information content (AvgIpc) is 2.36. The molecule has 0 atom stereocenters. The van der Waals surface area contributed by atoms with E-state index in [4.69, 9.17) is 4.98 Å². The molecule has 0 aromatic carbocycles. The minimum absolute atomic E-state index is 0.517. The zero-order valence-electron chi connectivity index (χ0n) is 13.3. The van der Waals surface area contributed by atoms with Gasteiger partial charge in [0.25, 0.3) is 0 Å². The molecule has 3 nitrogen and oxygen atoms in total. The first-order chi connectivity index (χ1) is 9.66. The van der Waals surface area contributed by atoms with Crippen LogP contribution in [-0.4, -0.2) is 24.1 Å². The van der Waals surface area contributed by atoms with E-state index in [1.165, 1.54) is 37.7 Å². The number of nitrogens with one attached hydrogen (secondary N) is 1. The second-order valence-corrected chi connectivity index (χ2v) is 6.20. The Bertz CT molecular complexity index is 407. The Morgan fingerprint density at radius 1 is 1.10 bits per heavy atom. The molecule has 0 bridgehead atoms. The number of pyridine rings is 1. The topological polar surface area (TPSA) is 28.2 Å². The van der Waals surface area contributed by atoms with Gasteiger partial charge in [-0.05, 0) is 31.4 Å². The van der Waals surface area contributed by atoms with Crippen molar-refractivity contribution in [3.8, 4) is 0 Å². The molecular weight excluding hydrogens is 246 g/mol. The van der Waals surface area contributed by atoms with E-state index >= 15 is 0 Å². The van der Waals surface area contributed by atoms with Crippen LogP contribution in [0.25, 0.3) is 0 Å². The molecule has 2 heterocycles. The summed E-state index contributed by atoms with van der Waals surface area (Å²) in [6.07, 6.45) is 6.74. The van der Waals surface area contributed by atoms with E-state index in [1.54, 1.807) is 0 Å². The molecular formula is C17H29N3. The van der Waals surface area contributed by atoms with Crippen molar-refractivity contribution >= 4 is 5.82 Å². The number of aryl methyl sites for hydroxylation is 1. The van der Waals surface area contributed by atoms with Gasteiger partial charge in [-0.3, -0.25) is 0 Å². The second kappa shape index (κ2) is 7.63. The highest BCUT2D eigenvalue weighted by Crippen LogP contribution is 2.19. The predicted octanol–water partition coefficient (Wildman–Crippen LogP) is 3.66. The molecule has 1 aromatic rings. The minimum atomic E-state index is 0.517. The molecule has 1 N–H and O–H groups in total. The van der Waals surface area contributed by atoms with Crippen LogP contribution in [0, 0.1) is 6.92 Å². The zero-order valence-corrected chi connectivity index (χ0v) is 13.3. The third-order valence-electron chi connectivity index (χ3n) is 4.06. The van der Waals surface area contributed by atoms with Gasteiger partial charge in [0, 0.05) is 31.4 Å². The van der Waals surface area contributed by atoms with Crippen LogP contribution < -0.4 is 10.2 Å². The molecule has 1 saturated heterocycles. The van der Waals surface area contributed by atoms with E-state index in [0.717, 1.165) is 31.1 Å². The van der Waals surface area contributed by atoms with Crippen LogP contribution in [0.15, 0.2) is 12.1 Å². The highest BCUT2D eigenvalue weighted by molar-refractivity contribution is 5.41. The molecule has 1 aliphatic heterocycles. The molecule has 20 heavy (non-hydrogen) atoms. The SMILES string of the molecule is Cc1nc(N2CCCCCCC2)ccc1CNC(C)C. The molecule has 0 aliphatic carbocycles. The highest BCUT2D eigenvalue weighted by Gasteiger charge is 2.11. The summed E-state index contributed by atoms with van der Waals surface area (Å²) in [5.41, 5.74) is 2.48. The van der Waals surface area contributed by atoms with Crippen LogP contribution in [0.5, 0.6) is 0 Å². The van der Waals surface area contributed by atoms with Crippen molar-refractivity contribution in [3.05, 3.63) is 23.4 Å². The number of nitrogens with zero attached hydrogens (tertiary/aromatic N) is 2. The third-order valence-corrected chi connectivity index (χ3v) is 4.06. The summed E-state index contributed by atoms with van der Waals surface area (Å²) in [5, 5.41) is 3.47. The van der Waals surface area contributed by atoms with Crippen LogP contribution >= 0.6 is 0 Å². The maximum absolute atomic E-state index is 4.83. The zero-order chi connectivity index (χ0) is 14.4. The number of anilines is 1. The lowest BCUT2D eigenvalue weighted by atomic mass is 10.1. The number of hydrogen-bond donors (Lipinski definition) is 1. The first-order valence-corrected chi connectivity index (χ1v) is 8.11. The summed E-state index contributed by atoms with van der Waals surface area (Å²) >= 11 is 0. The Balaban J connectivity index is 2.02. The van der Waals surface area contributed by atoms with Gasteiger partial charge in [-0.15, -0.1) is 0 Å². The highest BCUT2D eigenvalue weighted by atomic mass is 15.2. The number of aromatic nitrogens is 1. The van der Waals surface area contributed by atoms with Gasteiger partial charge in [0.05, 0.1) is 0 Å². The fraction of sp³-hybridized carbons (Fsp3) is 0.706. The molecule has 0 spiro atoms. The molecule has 1 aliphatic rings. The summed E-state index contributed by atoms with van der Waals surface area (Å²) in [4.78, 5) is 7.30. The molecule has 0 radical (unpaired) electrons. The summed E-state index contributed by atoms with van der Waals surface area (Å²) in [6.45, 7) is 9.72. The van der Waals surface area contributed by atoms with Gasteiger partial charge in [0.2, 0.25) is 0 Å². The lowest BCUT2D eigenvalue weighted by Crippen LogP contribution is -2.28. The Labute approximate surface area is 123 Å². The van der Waals surface area contributed by atoms with E-state index < -0.39 is 0 Å². The molecule has 3 heteroatoms. The minimum Gasteiger partial charge on any atom is -0.357 e. The molecule has 0 unspecified atom stereocenters. The maximum atomic E-state index is 4.83. The fourth-order valence-corrected chi connectivity index (χ4v) is 2.73. The monoisotopic (exact) mass is 275 g/mol. The Kier molecular flexibility index (Phi) is 5.84. The van der Waals surface area contributed by atoms with Crippen molar-refractivity contribution in [1.29, 1.82) is 0 Å². The predicted molar refractivity (Wildman–Crippen MR) is 86.2 cm³/mol. The molecule has 2 rings (SSSR count). The number of rotatable bonds is 4. The average molecular weight is 275 g/mol. The van der Waals surface area contributed by atoms with Crippen LogP contribution in [0.3, 0.4) is 0 Å². The second-order valence-electron chi connectivity index (χ2n) is 6.20. The maximum Gasteiger partial charge on any atom is 0.128 e. The quantitative estimate of drug-likeness (QED) is 0.909. The van der Waals surface area contributed by atoms with E-state index in [-0.39, 0.29) is 0 Å². The Morgan fingerprint density at radius 3 is 2.35 bits per heavy atom. The van der Waals surface area contributed by atoms with E-state index in [2.05, 4.69) is 43.1 Å². The summed E-state index contributed by atoms with van der Waals surface area (Å²) in [6, 6.07) is 4.96. The molecule has 0 saturated carbocycles. The smallest absolute Gasteiger partial charge is 0.128 e. The van der Waals surface area contributed by atoms with Gasteiger partial charge < -0.3 is 10.2 Å². The van der Waals surface area contributed by atoms with Crippen molar-refractivity contribution in [2.45, 2.75) is 65.5 Å². The van der Waals surface area contributed by atoms with Crippen LogP contribution in [-0.2, 0) is 6.54 Å². The van der Waals surface area contributed by atoms with Gasteiger partial charge >= 0.3 is 0 Å². The first-order valence-electron chi connectivity index (χ1n) is 8.11. The first kappa shape index (κ1) is 15.3. The van der Waals surface area contributed by atoms with Crippen LogP contribution in [0.2, 0.25) is 0 Å². The molecule has 1 aromatic heterocycles. The normalized spacial score (nSPS) is 17.1. The third kappa shape index (κ3) is 4.48. The lowest BCUT2D eigenvalue weighted by molar-refractivity contribution is 0.553. The Hall–Kier alpha value is -1.09. The van der Waals surface area contributed by atoms with Gasteiger partial charge in [0.1, 0.15) is 5.82 Å². The van der Waals surface area contributed by atoms with E-state index in [0.29, 0.717) is 6.04 Å². The lowest BCUT2D eigenvalue weighted by Gasteiger charge is -2.26. The summed E-state index contributed by atoms with van der Waals surface area (Å²) < 4.78 is 0. The van der Waals surface area contributed by atoms with Gasteiger partial charge in [-0.1, -0.05) is 39.2 Å². The Morgan fingerprint density at radius 2 is 1.75 bits per heavy atom. The molecule has 112 valence electrons. The van der Waals surface area contributed by atoms with Crippen molar-refractivity contribution in [2.75, 3.05) is 18.0 Å². The van der Waals surface area contributed by atoms with Crippen molar-refractivity contribution in [3.63, 3.8) is 0 Å². The van der Waals surface area contributed by atoms with Crippen LogP contribution in [0.4, 0.5) is 5.82 Å². The van der Waals surface area contributed by atoms with Crippen molar-refractivity contribution < 1.29 is 0 Å². The van der Waals surface area contributed by atoms with Gasteiger partial charge in [-0.2, -0.15) is 0 Å². The standard InChI is InChI=1S/C17H29N3/c1-14(2)18-13-16-9-10-17(19-15(16)3)20-11-7-5-4-6-8-12-20/h9-10,14,18H,4-8,11-13H2,1-3H3. The van der Waals surface area contributed by atoms with Crippen molar-refractivity contribution in [2.24, 2.45) is 0 Å². The van der Waals surface area contributed by atoms with Gasteiger partial charge in [-0.25, -0.2) is 4.98 Å². The van der Waals surface area contributed by atoms with E-state index in [1.807, 2.05) is 0 Å². The largest absolute Gasteiger partial charge is 0.357 e. The number of hydrogen-bond acceptors (Lipinski definition) is 3. The van der Waals surface area contributed by atoms with Gasteiger partial charge in [0.15, 0.2) is 0 Å². The molecule has 0 amide bonds. The van der Waals surface area contributed by atoms with Crippen molar-refractivity contribution in [1.82, 2.24) is 10.3 Å². The van der Waals surface area contributed by atoms with Crippen LogP contribution in [0.1, 0.15) is 57.2 Å².